The van der Waals surface area contributed by atoms with E-state index >= 15 is 0 Å². The molecule has 35 heavy (non-hydrogen) atoms. The first-order chi connectivity index (χ1) is 17.2. The molecule has 4 nitrogen and oxygen atoms in total. The van der Waals surface area contributed by atoms with E-state index in [9.17, 15) is 4.79 Å². The molecular weight excluding hydrogens is 454 g/mol. The van der Waals surface area contributed by atoms with Crippen LogP contribution in [0, 0.1) is 0 Å². The summed E-state index contributed by atoms with van der Waals surface area (Å²) in [5.74, 6) is 1.67. The SMILES string of the molecule is CCCOc1ccc2c(C(=O)c3ccc(OCCN4CCCC4)cc3)c(-c3ccccc3)sc2c1. The lowest BCUT2D eigenvalue weighted by Crippen LogP contribution is -2.25. The lowest BCUT2D eigenvalue weighted by Gasteiger charge is -2.15. The smallest absolute Gasteiger partial charge is 0.195 e. The Labute approximate surface area is 211 Å². The molecule has 4 aromatic rings. The van der Waals surface area contributed by atoms with Gasteiger partial charge >= 0.3 is 0 Å². The molecule has 0 amide bonds. The minimum atomic E-state index is 0.0287. The molecular formula is C30H31NO3S. The molecule has 3 aromatic carbocycles. The zero-order chi connectivity index (χ0) is 24.0. The van der Waals surface area contributed by atoms with Crippen molar-refractivity contribution in [3.05, 3.63) is 83.9 Å². The third-order valence-electron chi connectivity index (χ3n) is 6.39. The van der Waals surface area contributed by atoms with Gasteiger partial charge in [0.2, 0.25) is 0 Å². The van der Waals surface area contributed by atoms with Crippen molar-refractivity contribution in [2.45, 2.75) is 26.2 Å². The van der Waals surface area contributed by atoms with Gasteiger partial charge in [0.1, 0.15) is 18.1 Å². The van der Waals surface area contributed by atoms with E-state index in [1.54, 1.807) is 11.3 Å². The maximum absolute atomic E-state index is 13.8. The standard InChI is InChI=1S/C30H31NO3S/c1-2-19-33-25-14-15-26-27(21-25)35-30(23-8-4-3-5-9-23)28(26)29(32)22-10-12-24(13-11-22)34-20-18-31-16-6-7-17-31/h3-5,8-15,21H,2,6-7,16-20H2,1H3. The van der Waals surface area contributed by atoms with Crippen LogP contribution in [0.25, 0.3) is 20.5 Å². The van der Waals surface area contributed by atoms with Crippen LogP contribution in [0.1, 0.15) is 42.1 Å². The number of thiophene rings is 1. The number of nitrogens with zero attached hydrogens (tertiary/aromatic N) is 1. The number of benzene rings is 3. The summed E-state index contributed by atoms with van der Waals surface area (Å²) in [5, 5.41) is 0.966. The van der Waals surface area contributed by atoms with Crippen molar-refractivity contribution >= 4 is 27.2 Å². The van der Waals surface area contributed by atoms with Gasteiger partial charge in [0.15, 0.2) is 5.78 Å². The molecule has 5 rings (SSSR count). The molecule has 0 unspecified atom stereocenters. The van der Waals surface area contributed by atoms with Gasteiger partial charge in [-0.2, -0.15) is 0 Å². The van der Waals surface area contributed by atoms with Crippen LogP contribution in [0.15, 0.2) is 72.8 Å². The van der Waals surface area contributed by atoms with Gasteiger partial charge < -0.3 is 9.47 Å². The second-order valence-electron chi connectivity index (χ2n) is 8.93. The van der Waals surface area contributed by atoms with E-state index in [1.807, 2.05) is 54.6 Å². The number of hydrogen-bond acceptors (Lipinski definition) is 5. The lowest BCUT2D eigenvalue weighted by atomic mass is 9.97. The van der Waals surface area contributed by atoms with Crippen LogP contribution in [-0.4, -0.2) is 43.5 Å². The number of carbonyl (C=O) groups excluding carboxylic acids is 1. The second-order valence-corrected chi connectivity index (χ2v) is 9.98. The summed E-state index contributed by atoms with van der Waals surface area (Å²) < 4.78 is 12.8. The van der Waals surface area contributed by atoms with Crippen LogP contribution >= 0.6 is 11.3 Å². The van der Waals surface area contributed by atoms with E-state index < -0.39 is 0 Å². The summed E-state index contributed by atoms with van der Waals surface area (Å²) in [6, 6.07) is 23.8. The van der Waals surface area contributed by atoms with Gasteiger partial charge in [-0.1, -0.05) is 37.3 Å². The Morgan fingerprint density at radius 1 is 0.886 bits per heavy atom. The van der Waals surface area contributed by atoms with Crippen LogP contribution in [0.4, 0.5) is 0 Å². The number of fused-ring (bicyclic) bond motifs is 1. The zero-order valence-corrected chi connectivity index (χ0v) is 21.0. The molecule has 0 atom stereocenters. The summed E-state index contributed by atoms with van der Waals surface area (Å²) in [6.45, 7) is 6.73. The van der Waals surface area contributed by atoms with Crippen molar-refractivity contribution in [3.63, 3.8) is 0 Å². The number of ketones is 1. The lowest BCUT2D eigenvalue weighted by molar-refractivity contribution is 0.104. The normalized spacial score (nSPS) is 13.9. The molecule has 1 fully saturated rings. The molecule has 0 spiro atoms. The van der Waals surface area contributed by atoms with Gasteiger partial charge in [0.25, 0.3) is 0 Å². The molecule has 2 heterocycles. The molecule has 0 aliphatic carbocycles. The fourth-order valence-electron chi connectivity index (χ4n) is 4.55. The third-order valence-corrected chi connectivity index (χ3v) is 7.59. The Morgan fingerprint density at radius 2 is 1.60 bits per heavy atom. The molecule has 0 bridgehead atoms. The van der Waals surface area contributed by atoms with Crippen LogP contribution in [0.2, 0.25) is 0 Å². The van der Waals surface area contributed by atoms with Crippen molar-refractivity contribution in [3.8, 4) is 21.9 Å². The van der Waals surface area contributed by atoms with Gasteiger partial charge in [0.05, 0.1) is 6.61 Å². The van der Waals surface area contributed by atoms with Crippen LogP contribution < -0.4 is 9.47 Å². The second kappa shape index (κ2) is 11.1. The van der Waals surface area contributed by atoms with E-state index in [0.717, 1.165) is 50.6 Å². The molecule has 1 saturated heterocycles. The zero-order valence-electron chi connectivity index (χ0n) is 20.2. The average Bonchev–Trinajstić information content (AvgIpc) is 3.56. The first-order valence-electron chi connectivity index (χ1n) is 12.5. The Morgan fingerprint density at radius 3 is 2.34 bits per heavy atom. The van der Waals surface area contributed by atoms with Gasteiger partial charge in [-0.15, -0.1) is 11.3 Å². The highest BCUT2D eigenvalue weighted by Crippen LogP contribution is 2.41. The van der Waals surface area contributed by atoms with E-state index in [2.05, 4.69) is 30.0 Å². The Balaban J connectivity index is 1.41. The van der Waals surface area contributed by atoms with Gasteiger partial charge in [0, 0.05) is 32.6 Å². The predicted octanol–water partition coefficient (Wildman–Crippen LogP) is 7.06. The Bertz CT molecular complexity index is 1270. The molecule has 180 valence electrons. The van der Waals surface area contributed by atoms with Crippen molar-refractivity contribution in [1.82, 2.24) is 4.90 Å². The fraction of sp³-hybridized carbons (Fsp3) is 0.300. The Hall–Kier alpha value is -3.15. The number of rotatable bonds is 10. The highest BCUT2D eigenvalue weighted by molar-refractivity contribution is 7.22. The number of carbonyl (C=O) groups is 1. The molecule has 1 aromatic heterocycles. The molecule has 0 radical (unpaired) electrons. The molecule has 5 heteroatoms. The highest BCUT2D eigenvalue weighted by atomic mass is 32.1. The molecule has 0 saturated carbocycles. The highest BCUT2D eigenvalue weighted by Gasteiger charge is 2.22. The van der Waals surface area contributed by atoms with Crippen LogP contribution in [-0.2, 0) is 0 Å². The monoisotopic (exact) mass is 485 g/mol. The number of hydrogen-bond donors (Lipinski definition) is 0. The third kappa shape index (κ3) is 5.42. The topological polar surface area (TPSA) is 38.8 Å². The van der Waals surface area contributed by atoms with E-state index in [0.29, 0.717) is 18.8 Å². The maximum atomic E-state index is 13.8. The molecule has 1 aliphatic rings. The van der Waals surface area contributed by atoms with Crippen molar-refractivity contribution in [2.75, 3.05) is 32.8 Å². The van der Waals surface area contributed by atoms with E-state index in [1.165, 1.54) is 25.9 Å². The average molecular weight is 486 g/mol. The van der Waals surface area contributed by atoms with Gasteiger partial charge in [-0.25, -0.2) is 0 Å². The van der Waals surface area contributed by atoms with Crippen molar-refractivity contribution < 1.29 is 14.3 Å². The minimum absolute atomic E-state index is 0.0287. The number of likely N-dealkylation sites (tertiary alicyclic amines) is 1. The van der Waals surface area contributed by atoms with Crippen molar-refractivity contribution in [1.29, 1.82) is 0 Å². The number of ether oxygens (including phenoxy) is 2. The molecule has 0 N–H and O–H groups in total. The molecule has 1 aliphatic heterocycles. The fourth-order valence-corrected chi connectivity index (χ4v) is 5.78. The largest absolute Gasteiger partial charge is 0.494 e. The van der Waals surface area contributed by atoms with E-state index in [-0.39, 0.29) is 5.78 Å². The summed E-state index contributed by atoms with van der Waals surface area (Å²) in [5.41, 5.74) is 2.47. The van der Waals surface area contributed by atoms with Gasteiger partial charge in [-0.05, 0) is 80.4 Å². The van der Waals surface area contributed by atoms with Gasteiger partial charge in [-0.3, -0.25) is 9.69 Å². The summed E-state index contributed by atoms with van der Waals surface area (Å²) >= 11 is 1.64. The van der Waals surface area contributed by atoms with E-state index in [4.69, 9.17) is 9.47 Å². The Kier molecular flexibility index (Phi) is 7.45. The predicted molar refractivity (Wildman–Crippen MR) is 144 cm³/mol. The van der Waals surface area contributed by atoms with Crippen LogP contribution in [0.3, 0.4) is 0 Å². The van der Waals surface area contributed by atoms with Crippen LogP contribution in [0.5, 0.6) is 11.5 Å². The maximum Gasteiger partial charge on any atom is 0.195 e. The summed E-state index contributed by atoms with van der Waals surface area (Å²) in [6.07, 6.45) is 3.53. The summed E-state index contributed by atoms with van der Waals surface area (Å²) in [7, 11) is 0. The van der Waals surface area contributed by atoms with Crippen molar-refractivity contribution in [2.24, 2.45) is 0 Å². The first-order valence-corrected chi connectivity index (χ1v) is 13.3. The minimum Gasteiger partial charge on any atom is -0.494 e. The summed E-state index contributed by atoms with van der Waals surface area (Å²) in [4.78, 5) is 17.2. The first kappa shape index (κ1) is 23.6. The quantitative estimate of drug-likeness (QED) is 0.225.